The maximum Gasteiger partial charge on any atom is 0.335 e. The molecular weight excluding hydrogens is 393 g/mol. The van der Waals surface area contributed by atoms with E-state index in [0.29, 0.717) is 24.6 Å². The summed E-state index contributed by atoms with van der Waals surface area (Å²) in [5.41, 5.74) is -0.0775. The van der Waals surface area contributed by atoms with E-state index in [-0.39, 0.29) is 27.3 Å². The predicted octanol–water partition coefficient (Wildman–Crippen LogP) is 2.94. The van der Waals surface area contributed by atoms with Crippen LogP contribution in [-0.4, -0.2) is 55.5 Å². The van der Waals surface area contributed by atoms with Gasteiger partial charge in [-0.3, -0.25) is 0 Å². The molecule has 0 spiro atoms. The summed E-state index contributed by atoms with van der Waals surface area (Å²) in [4.78, 5) is 11.4. The van der Waals surface area contributed by atoms with Crippen LogP contribution in [0.25, 0.3) is 11.1 Å². The Morgan fingerprint density at radius 1 is 1.22 bits per heavy atom. The molecule has 1 aliphatic rings. The van der Waals surface area contributed by atoms with Crippen molar-refractivity contribution < 1.29 is 27.4 Å². The maximum absolute atomic E-state index is 14.4. The van der Waals surface area contributed by atoms with E-state index in [1.54, 1.807) is 11.8 Å². The van der Waals surface area contributed by atoms with Crippen LogP contribution >= 0.6 is 11.8 Å². The summed E-state index contributed by atoms with van der Waals surface area (Å²) in [6, 6.07) is 7.85. The fraction of sp³-hybridized carbons (Fsp3) is 0.278. The van der Waals surface area contributed by atoms with Gasteiger partial charge in [-0.2, -0.15) is 16.1 Å². The highest BCUT2D eigenvalue weighted by atomic mass is 32.2. The van der Waals surface area contributed by atoms with Crippen molar-refractivity contribution in [2.75, 3.05) is 31.7 Å². The van der Waals surface area contributed by atoms with E-state index in [1.165, 1.54) is 41.7 Å². The SMILES string of the molecule is COc1cccc(F)c1-c1cc(C(=O)O)cc(S(=O)(=O)N2CCSCC2)c1. The van der Waals surface area contributed by atoms with Gasteiger partial charge < -0.3 is 9.84 Å². The van der Waals surface area contributed by atoms with Gasteiger partial charge in [0.15, 0.2) is 0 Å². The van der Waals surface area contributed by atoms with Crippen molar-refractivity contribution in [2.45, 2.75) is 4.90 Å². The van der Waals surface area contributed by atoms with E-state index in [0.717, 1.165) is 6.07 Å². The van der Waals surface area contributed by atoms with Crippen molar-refractivity contribution in [3.05, 3.63) is 47.8 Å². The lowest BCUT2D eigenvalue weighted by molar-refractivity contribution is 0.0696. The van der Waals surface area contributed by atoms with Gasteiger partial charge in [-0.05, 0) is 35.9 Å². The second-order valence-electron chi connectivity index (χ2n) is 5.88. The number of sulfonamides is 1. The first-order valence-electron chi connectivity index (χ1n) is 8.13. The van der Waals surface area contributed by atoms with Gasteiger partial charge in [-0.15, -0.1) is 0 Å². The third kappa shape index (κ3) is 3.95. The molecule has 3 rings (SSSR count). The van der Waals surface area contributed by atoms with Crippen LogP contribution in [0.4, 0.5) is 4.39 Å². The Balaban J connectivity index is 2.19. The zero-order valence-electron chi connectivity index (χ0n) is 14.5. The number of aromatic carboxylic acids is 1. The molecule has 0 radical (unpaired) electrons. The smallest absolute Gasteiger partial charge is 0.335 e. The molecule has 1 saturated heterocycles. The minimum atomic E-state index is -3.89. The molecule has 6 nitrogen and oxygen atoms in total. The molecule has 0 aromatic heterocycles. The Labute approximate surface area is 161 Å². The van der Waals surface area contributed by atoms with E-state index in [4.69, 9.17) is 4.74 Å². The van der Waals surface area contributed by atoms with Gasteiger partial charge in [0.05, 0.1) is 23.1 Å². The summed E-state index contributed by atoms with van der Waals surface area (Å²) in [6.07, 6.45) is 0. The number of ether oxygens (including phenoxy) is 1. The molecule has 1 fully saturated rings. The molecule has 0 saturated carbocycles. The molecule has 27 heavy (non-hydrogen) atoms. The number of hydrogen-bond acceptors (Lipinski definition) is 5. The first-order chi connectivity index (χ1) is 12.8. The molecular formula is C18H18FNO5S2. The Kier molecular flexibility index (Phi) is 5.73. The van der Waals surface area contributed by atoms with Gasteiger partial charge in [0, 0.05) is 24.6 Å². The van der Waals surface area contributed by atoms with Gasteiger partial charge in [0.25, 0.3) is 0 Å². The molecule has 0 aliphatic carbocycles. The Bertz CT molecular complexity index is 972. The van der Waals surface area contributed by atoms with Crippen LogP contribution in [0.15, 0.2) is 41.3 Å². The van der Waals surface area contributed by atoms with Crippen LogP contribution in [0.3, 0.4) is 0 Å². The van der Waals surface area contributed by atoms with Gasteiger partial charge in [-0.25, -0.2) is 17.6 Å². The molecule has 0 amide bonds. The quantitative estimate of drug-likeness (QED) is 0.815. The van der Waals surface area contributed by atoms with Gasteiger partial charge in [0.2, 0.25) is 10.0 Å². The first-order valence-corrected chi connectivity index (χ1v) is 10.7. The lowest BCUT2D eigenvalue weighted by Gasteiger charge is -2.26. The molecule has 2 aromatic carbocycles. The van der Waals surface area contributed by atoms with E-state index >= 15 is 0 Å². The highest BCUT2D eigenvalue weighted by Gasteiger charge is 2.28. The van der Waals surface area contributed by atoms with Crippen LogP contribution < -0.4 is 4.74 Å². The van der Waals surface area contributed by atoms with Crippen LogP contribution in [-0.2, 0) is 10.0 Å². The zero-order chi connectivity index (χ0) is 19.6. The third-order valence-electron chi connectivity index (χ3n) is 4.25. The van der Waals surface area contributed by atoms with E-state index in [9.17, 15) is 22.7 Å². The number of benzene rings is 2. The molecule has 1 N–H and O–H groups in total. The molecule has 9 heteroatoms. The number of thioether (sulfide) groups is 1. The number of methoxy groups -OCH3 is 1. The van der Waals surface area contributed by atoms with Crippen molar-refractivity contribution in [1.29, 1.82) is 0 Å². The average Bonchev–Trinajstić information content (AvgIpc) is 2.68. The fourth-order valence-electron chi connectivity index (χ4n) is 2.91. The van der Waals surface area contributed by atoms with Crippen LogP contribution in [0.5, 0.6) is 5.75 Å². The molecule has 1 heterocycles. The minimum absolute atomic E-state index is 0.0220. The monoisotopic (exact) mass is 411 g/mol. The topological polar surface area (TPSA) is 83.9 Å². The number of carboxylic acid groups (broad SMARTS) is 1. The molecule has 0 bridgehead atoms. The van der Waals surface area contributed by atoms with Crippen molar-refractivity contribution >= 4 is 27.8 Å². The summed E-state index contributed by atoms with van der Waals surface area (Å²) >= 11 is 1.66. The lowest BCUT2D eigenvalue weighted by atomic mass is 10.0. The summed E-state index contributed by atoms with van der Waals surface area (Å²) in [5.74, 6) is -0.389. The number of hydrogen-bond donors (Lipinski definition) is 1. The summed E-state index contributed by atoms with van der Waals surface area (Å²) < 4.78 is 46.9. The number of carboxylic acids is 1. The van der Waals surface area contributed by atoms with Crippen LogP contribution in [0, 0.1) is 5.82 Å². The second kappa shape index (κ2) is 7.87. The van der Waals surface area contributed by atoms with Crippen molar-refractivity contribution in [3.63, 3.8) is 0 Å². The van der Waals surface area contributed by atoms with Crippen molar-refractivity contribution in [1.82, 2.24) is 4.31 Å². The number of rotatable bonds is 5. The minimum Gasteiger partial charge on any atom is -0.496 e. The highest BCUT2D eigenvalue weighted by molar-refractivity contribution is 7.99. The Hall–Kier alpha value is -2.10. The molecule has 2 aromatic rings. The zero-order valence-corrected chi connectivity index (χ0v) is 16.1. The van der Waals surface area contributed by atoms with Gasteiger partial charge >= 0.3 is 5.97 Å². The highest BCUT2D eigenvalue weighted by Crippen LogP contribution is 2.35. The standard InChI is InChI=1S/C18H18FNO5S2/c1-25-16-4-2-3-15(19)17(16)12-9-13(18(21)22)11-14(10-12)27(23,24)20-5-7-26-8-6-20/h2-4,9-11H,5-8H2,1H3,(H,21,22). The summed E-state index contributed by atoms with van der Waals surface area (Å²) in [7, 11) is -2.52. The van der Waals surface area contributed by atoms with Crippen molar-refractivity contribution in [3.8, 4) is 16.9 Å². The van der Waals surface area contributed by atoms with E-state index < -0.39 is 21.8 Å². The first kappa shape index (κ1) is 19.7. The average molecular weight is 411 g/mol. The maximum atomic E-state index is 14.4. The molecule has 1 aliphatic heterocycles. The molecule has 0 atom stereocenters. The second-order valence-corrected chi connectivity index (χ2v) is 9.05. The third-order valence-corrected chi connectivity index (χ3v) is 7.06. The van der Waals surface area contributed by atoms with Gasteiger partial charge in [0.1, 0.15) is 11.6 Å². The number of nitrogens with zero attached hydrogens (tertiary/aromatic N) is 1. The molecule has 0 unspecified atom stereocenters. The normalized spacial score (nSPS) is 15.5. The van der Waals surface area contributed by atoms with Crippen LogP contribution in [0.2, 0.25) is 0 Å². The van der Waals surface area contributed by atoms with E-state index in [2.05, 4.69) is 0 Å². The van der Waals surface area contributed by atoms with Crippen molar-refractivity contribution in [2.24, 2.45) is 0 Å². The Morgan fingerprint density at radius 2 is 1.93 bits per heavy atom. The summed E-state index contributed by atoms with van der Waals surface area (Å²) in [5, 5.41) is 9.42. The van der Waals surface area contributed by atoms with Gasteiger partial charge in [-0.1, -0.05) is 6.07 Å². The largest absolute Gasteiger partial charge is 0.496 e. The lowest BCUT2D eigenvalue weighted by Crippen LogP contribution is -2.37. The van der Waals surface area contributed by atoms with Crippen LogP contribution in [0.1, 0.15) is 10.4 Å². The number of halogens is 1. The molecule has 144 valence electrons. The number of carbonyl (C=O) groups is 1. The Morgan fingerprint density at radius 3 is 2.56 bits per heavy atom. The summed E-state index contributed by atoms with van der Waals surface area (Å²) in [6.45, 7) is 0.700. The van der Waals surface area contributed by atoms with E-state index in [1.807, 2.05) is 0 Å². The predicted molar refractivity (Wildman–Crippen MR) is 101 cm³/mol. The fourth-order valence-corrected chi connectivity index (χ4v) is 5.55.